The van der Waals surface area contributed by atoms with E-state index in [1.165, 1.54) is 0 Å². The van der Waals surface area contributed by atoms with E-state index in [1.807, 2.05) is 54.3 Å². The van der Waals surface area contributed by atoms with E-state index in [0.717, 1.165) is 15.7 Å². The molecule has 1 unspecified atom stereocenters. The van der Waals surface area contributed by atoms with Crippen molar-refractivity contribution in [2.45, 2.75) is 13.0 Å². The van der Waals surface area contributed by atoms with E-state index in [4.69, 9.17) is 5.73 Å². The van der Waals surface area contributed by atoms with Crippen LogP contribution in [0.3, 0.4) is 0 Å². The summed E-state index contributed by atoms with van der Waals surface area (Å²) in [5, 5.41) is 8.67. The topological polar surface area (TPSA) is 61.7 Å². The summed E-state index contributed by atoms with van der Waals surface area (Å²) in [7, 11) is 0. The molecule has 3 rings (SSSR count). The number of benzene rings is 1. The number of nitrogen functional groups attached to an aromatic ring is 1. The Balaban J connectivity index is 1.92. The Kier molecular flexibility index (Phi) is 3.31. The van der Waals surface area contributed by atoms with Gasteiger partial charge in [-0.05, 0) is 35.0 Å². The molecular formula is C14H14BrN5. The Bertz CT molecular complexity index is 716. The van der Waals surface area contributed by atoms with Crippen molar-refractivity contribution in [1.29, 1.82) is 0 Å². The van der Waals surface area contributed by atoms with E-state index in [1.54, 1.807) is 10.9 Å². The molecule has 0 bridgehead atoms. The predicted octanol–water partition coefficient (Wildman–Crippen LogP) is 3.02. The fourth-order valence-corrected chi connectivity index (χ4v) is 2.35. The Labute approximate surface area is 125 Å². The predicted molar refractivity (Wildman–Crippen MR) is 81.7 cm³/mol. The van der Waals surface area contributed by atoms with E-state index in [0.29, 0.717) is 5.82 Å². The van der Waals surface area contributed by atoms with Crippen LogP contribution in [-0.4, -0.2) is 19.6 Å². The fraction of sp³-hybridized carbons (Fsp3) is 0.143. The van der Waals surface area contributed by atoms with Gasteiger partial charge in [-0.15, -0.1) is 0 Å². The molecule has 2 N–H and O–H groups in total. The van der Waals surface area contributed by atoms with Crippen molar-refractivity contribution in [2.75, 3.05) is 5.73 Å². The monoisotopic (exact) mass is 331 g/mol. The van der Waals surface area contributed by atoms with Crippen LogP contribution in [0.2, 0.25) is 0 Å². The molecule has 1 atom stereocenters. The molecule has 102 valence electrons. The van der Waals surface area contributed by atoms with Gasteiger partial charge in [0.05, 0.1) is 28.6 Å². The van der Waals surface area contributed by atoms with E-state index in [-0.39, 0.29) is 6.04 Å². The van der Waals surface area contributed by atoms with Crippen LogP contribution in [0.25, 0.3) is 5.69 Å². The molecule has 2 aromatic heterocycles. The van der Waals surface area contributed by atoms with Gasteiger partial charge in [0.2, 0.25) is 0 Å². The van der Waals surface area contributed by atoms with Gasteiger partial charge < -0.3 is 5.73 Å². The van der Waals surface area contributed by atoms with Gasteiger partial charge in [-0.1, -0.05) is 18.2 Å². The molecule has 1 aromatic carbocycles. The van der Waals surface area contributed by atoms with Gasteiger partial charge >= 0.3 is 0 Å². The van der Waals surface area contributed by atoms with Gasteiger partial charge in [0.15, 0.2) is 0 Å². The molecule has 2 heterocycles. The second kappa shape index (κ2) is 5.13. The molecule has 5 nitrogen and oxygen atoms in total. The summed E-state index contributed by atoms with van der Waals surface area (Å²) in [6, 6.07) is 10.0. The number of nitrogens with two attached hydrogens (primary N) is 1. The standard InChI is InChI=1S/C14H14BrN5/c1-10(20-14(16)13(15)8-18-20)11-7-17-19(9-11)12-5-3-2-4-6-12/h2-10H,16H2,1H3. The molecule has 0 aliphatic heterocycles. The molecule has 0 saturated carbocycles. The lowest BCUT2D eigenvalue weighted by Gasteiger charge is -2.11. The highest BCUT2D eigenvalue weighted by atomic mass is 79.9. The highest BCUT2D eigenvalue weighted by Gasteiger charge is 2.15. The van der Waals surface area contributed by atoms with E-state index < -0.39 is 0 Å². The lowest BCUT2D eigenvalue weighted by Crippen LogP contribution is -2.11. The maximum Gasteiger partial charge on any atom is 0.136 e. The number of rotatable bonds is 3. The summed E-state index contributed by atoms with van der Waals surface area (Å²) in [5.41, 5.74) is 8.07. The zero-order chi connectivity index (χ0) is 14.1. The summed E-state index contributed by atoms with van der Waals surface area (Å²) in [6.45, 7) is 2.04. The zero-order valence-corrected chi connectivity index (χ0v) is 12.5. The van der Waals surface area contributed by atoms with Gasteiger partial charge in [0.1, 0.15) is 5.82 Å². The number of halogens is 1. The van der Waals surface area contributed by atoms with E-state index in [2.05, 4.69) is 26.1 Å². The molecule has 3 aromatic rings. The van der Waals surface area contributed by atoms with Crippen LogP contribution < -0.4 is 5.73 Å². The van der Waals surface area contributed by atoms with Crippen LogP contribution in [0.1, 0.15) is 18.5 Å². The van der Waals surface area contributed by atoms with Crippen LogP contribution in [0.15, 0.2) is 53.4 Å². The van der Waals surface area contributed by atoms with Gasteiger partial charge in [0, 0.05) is 11.8 Å². The van der Waals surface area contributed by atoms with Crippen molar-refractivity contribution in [3.05, 3.63) is 59.0 Å². The maximum atomic E-state index is 5.99. The highest BCUT2D eigenvalue weighted by Crippen LogP contribution is 2.25. The van der Waals surface area contributed by atoms with E-state index in [9.17, 15) is 0 Å². The highest BCUT2D eigenvalue weighted by molar-refractivity contribution is 9.10. The summed E-state index contributed by atoms with van der Waals surface area (Å²) >= 11 is 3.37. The number of hydrogen-bond acceptors (Lipinski definition) is 3. The summed E-state index contributed by atoms with van der Waals surface area (Å²) in [4.78, 5) is 0. The molecule has 0 spiro atoms. The third kappa shape index (κ3) is 2.22. The maximum absolute atomic E-state index is 5.99. The molecule has 0 fully saturated rings. The number of anilines is 1. The second-order valence-electron chi connectivity index (χ2n) is 4.55. The summed E-state index contributed by atoms with van der Waals surface area (Å²) in [6.07, 6.45) is 5.54. The van der Waals surface area contributed by atoms with Crippen molar-refractivity contribution < 1.29 is 0 Å². The van der Waals surface area contributed by atoms with Crippen LogP contribution in [0.4, 0.5) is 5.82 Å². The first-order chi connectivity index (χ1) is 9.66. The molecular weight excluding hydrogens is 318 g/mol. The Morgan fingerprint density at radius 2 is 1.90 bits per heavy atom. The van der Waals surface area contributed by atoms with E-state index >= 15 is 0 Å². The van der Waals surface area contributed by atoms with Gasteiger partial charge in [0.25, 0.3) is 0 Å². The molecule has 20 heavy (non-hydrogen) atoms. The van der Waals surface area contributed by atoms with Crippen LogP contribution in [0.5, 0.6) is 0 Å². The minimum atomic E-state index is 0.0266. The van der Waals surface area contributed by atoms with Crippen LogP contribution in [-0.2, 0) is 0 Å². The molecule has 6 heteroatoms. The minimum Gasteiger partial charge on any atom is -0.383 e. The fourth-order valence-electron chi connectivity index (χ4n) is 2.07. The van der Waals surface area contributed by atoms with Crippen molar-refractivity contribution in [1.82, 2.24) is 19.6 Å². The second-order valence-corrected chi connectivity index (χ2v) is 5.41. The SMILES string of the molecule is CC(c1cnn(-c2ccccc2)c1)n1ncc(Br)c1N. The van der Waals surface area contributed by atoms with Crippen molar-refractivity contribution in [3.63, 3.8) is 0 Å². The molecule has 0 radical (unpaired) electrons. The Morgan fingerprint density at radius 3 is 2.55 bits per heavy atom. The van der Waals surface area contributed by atoms with Crippen molar-refractivity contribution >= 4 is 21.7 Å². The number of aromatic nitrogens is 4. The molecule has 0 aliphatic rings. The lowest BCUT2D eigenvalue weighted by atomic mass is 10.2. The molecule has 0 amide bonds. The van der Waals surface area contributed by atoms with Crippen LogP contribution >= 0.6 is 15.9 Å². The molecule has 0 saturated heterocycles. The number of para-hydroxylation sites is 1. The third-order valence-corrected chi connectivity index (χ3v) is 3.87. The lowest BCUT2D eigenvalue weighted by molar-refractivity contribution is 0.573. The largest absolute Gasteiger partial charge is 0.383 e. The van der Waals surface area contributed by atoms with Gasteiger partial charge in [-0.2, -0.15) is 10.2 Å². The average Bonchev–Trinajstić information content (AvgIpc) is 3.08. The first-order valence-electron chi connectivity index (χ1n) is 6.25. The summed E-state index contributed by atoms with van der Waals surface area (Å²) < 4.78 is 4.43. The Hall–Kier alpha value is -2.08. The number of hydrogen-bond donors (Lipinski definition) is 1. The summed E-state index contributed by atoms with van der Waals surface area (Å²) in [5.74, 6) is 0.616. The average molecular weight is 332 g/mol. The first kappa shape index (κ1) is 12.9. The van der Waals surface area contributed by atoms with Crippen molar-refractivity contribution in [3.8, 4) is 5.69 Å². The zero-order valence-electron chi connectivity index (χ0n) is 10.9. The quantitative estimate of drug-likeness (QED) is 0.802. The number of nitrogens with zero attached hydrogens (tertiary/aromatic N) is 4. The van der Waals surface area contributed by atoms with Gasteiger partial charge in [-0.25, -0.2) is 9.36 Å². The Morgan fingerprint density at radius 1 is 1.15 bits per heavy atom. The van der Waals surface area contributed by atoms with Crippen LogP contribution in [0, 0.1) is 0 Å². The van der Waals surface area contributed by atoms with Gasteiger partial charge in [-0.3, -0.25) is 0 Å². The smallest absolute Gasteiger partial charge is 0.136 e. The van der Waals surface area contributed by atoms with Crippen molar-refractivity contribution in [2.24, 2.45) is 0 Å². The minimum absolute atomic E-state index is 0.0266. The first-order valence-corrected chi connectivity index (χ1v) is 7.04. The third-order valence-electron chi connectivity index (χ3n) is 3.26. The normalized spacial score (nSPS) is 12.5. The molecule has 0 aliphatic carbocycles.